The lowest BCUT2D eigenvalue weighted by Crippen LogP contribution is -1.94. The van der Waals surface area contributed by atoms with Gasteiger partial charge >= 0.3 is 0 Å². The highest BCUT2D eigenvalue weighted by Crippen LogP contribution is 2.38. The van der Waals surface area contributed by atoms with Crippen LogP contribution in [-0.2, 0) is 6.42 Å². The Kier molecular flexibility index (Phi) is 3.49. The Balaban J connectivity index is 2.19. The SMILES string of the molecule is Cc1ccc(-c2cccc3c2C=C(C(C)C)C3)c(C)c1C. The summed E-state index contributed by atoms with van der Waals surface area (Å²) < 4.78 is 0. The zero-order valence-electron chi connectivity index (χ0n) is 13.7. The maximum Gasteiger partial charge on any atom is -0.00550 e. The molecular formula is C21H24. The second-order valence-electron chi connectivity index (χ2n) is 6.61. The third-order valence-electron chi connectivity index (χ3n) is 5.01. The van der Waals surface area contributed by atoms with Gasteiger partial charge in [0.25, 0.3) is 0 Å². The molecule has 2 aromatic carbocycles. The first-order valence-corrected chi connectivity index (χ1v) is 7.88. The van der Waals surface area contributed by atoms with E-state index in [1.54, 1.807) is 5.57 Å². The zero-order valence-corrected chi connectivity index (χ0v) is 13.7. The van der Waals surface area contributed by atoms with Gasteiger partial charge in [-0.3, -0.25) is 0 Å². The van der Waals surface area contributed by atoms with E-state index in [-0.39, 0.29) is 0 Å². The van der Waals surface area contributed by atoms with Crippen LogP contribution in [0.5, 0.6) is 0 Å². The average molecular weight is 276 g/mol. The minimum atomic E-state index is 0.631. The summed E-state index contributed by atoms with van der Waals surface area (Å²) in [4.78, 5) is 0. The van der Waals surface area contributed by atoms with E-state index in [0.29, 0.717) is 5.92 Å². The van der Waals surface area contributed by atoms with Crippen LogP contribution in [0, 0.1) is 26.7 Å². The quantitative estimate of drug-likeness (QED) is 0.643. The summed E-state index contributed by atoms with van der Waals surface area (Å²) in [7, 11) is 0. The van der Waals surface area contributed by atoms with Gasteiger partial charge in [0.1, 0.15) is 0 Å². The lowest BCUT2D eigenvalue weighted by atomic mass is 9.90. The second kappa shape index (κ2) is 5.18. The fraction of sp³-hybridized carbons (Fsp3) is 0.333. The molecule has 0 spiro atoms. The molecule has 0 aliphatic heterocycles. The van der Waals surface area contributed by atoms with Crippen molar-refractivity contribution >= 4 is 6.08 Å². The zero-order chi connectivity index (χ0) is 15.1. The minimum absolute atomic E-state index is 0.631. The summed E-state index contributed by atoms with van der Waals surface area (Å²) in [5, 5.41) is 0. The van der Waals surface area contributed by atoms with Gasteiger partial charge in [-0.2, -0.15) is 0 Å². The molecule has 3 rings (SSSR count). The highest BCUT2D eigenvalue weighted by atomic mass is 14.2. The third-order valence-corrected chi connectivity index (χ3v) is 5.01. The molecule has 1 aliphatic carbocycles. The molecule has 0 aromatic heterocycles. The van der Waals surface area contributed by atoms with Gasteiger partial charge in [-0.15, -0.1) is 0 Å². The molecule has 0 bridgehead atoms. The van der Waals surface area contributed by atoms with Crippen LogP contribution < -0.4 is 0 Å². The summed E-state index contributed by atoms with van der Waals surface area (Å²) >= 11 is 0. The monoisotopic (exact) mass is 276 g/mol. The minimum Gasteiger partial charge on any atom is -0.0626 e. The highest BCUT2D eigenvalue weighted by molar-refractivity contribution is 5.82. The number of hydrogen-bond donors (Lipinski definition) is 0. The van der Waals surface area contributed by atoms with E-state index >= 15 is 0 Å². The number of benzene rings is 2. The first-order chi connectivity index (χ1) is 9.99. The lowest BCUT2D eigenvalue weighted by molar-refractivity contribution is 0.754. The van der Waals surface area contributed by atoms with Crippen LogP contribution in [0.4, 0.5) is 0 Å². The Bertz CT molecular complexity index is 730. The van der Waals surface area contributed by atoms with Crippen molar-refractivity contribution in [2.45, 2.75) is 41.0 Å². The fourth-order valence-corrected chi connectivity index (χ4v) is 3.25. The third kappa shape index (κ3) is 2.33. The molecular weight excluding hydrogens is 252 g/mol. The maximum absolute atomic E-state index is 2.42. The van der Waals surface area contributed by atoms with Gasteiger partial charge in [-0.05, 0) is 72.1 Å². The molecule has 0 radical (unpaired) electrons. The van der Waals surface area contributed by atoms with Crippen molar-refractivity contribution in [1.82, 2.24) is 0 Å². The van der Waals surface area contributed by atoms with Crippen molar-refractivity contribution in [1.29, 1.82) is 0 Å². The molecule has 0 unspecified atom stereocenters. The van der Waals surface area contributed by atoms with Crippen LogP contribution in [0.3, 0.4) is 0 Å². The van der Waals surface area contributed by atoms with Gasteiger partial charge in [0.05, 0.1) is 0 Å². The van der Waals surface area contributed by atoms with Crippen LogP contribution in [0.1, 0.15) is 41.7 Å². The number of rotatable bonds is 2. The lowest BCUT2D eigenvalue weighted by Gasteiger charge is -2.14. The fourth-order valence-electron chi connectivity index (χ4n) is 3.25. The average Bonchev–Trinajstić information content (AvgIpc) is 2.89. The summed E-state index contributed by atoms with van der Waals surface area (Å²) in [5.74, 6) is 0.631. The summed E-state index contributed by atoms with van der Waals surface area (Å²) in [6.45, 7) is 11.3. The van der Waals surface area contributed by atoms with Crippen LogP contribution in [-0.4, -0.2) is 0 Å². The van der Waals surface area contributed by atoms with E-state index in [9.17, 15) is 0 Å². The van der Waals surface area contributed by atoms with E-state index in [4.69, 9.17) is 0 Å². The van der Waals surface area contributed by atoms with E-state index in [2.05, 4.69) is 71.0 Å². The molecule has 0 fully saturated rings. The standard InChI is InChI=1S/C21H24/c1-13(2)18-11-17-7-6-8-20(21(17)12-18)19-10-9-14(3)15(4)16(19)5/h6-10,12-13H,11H2,1-5H3. The first-order valence-electron chi connectivity index (χ1n) is 7.88. The number of allylic oxidation sites excluding steroid dienone is 1. The molecule has 0 atom stereocenters. The van der Waals surface area contributed by atoms with Gasteiger partial charge in [-0.25, -0.2) is 0 Å². The predicted octanol–water partition coefficient (Wildman–Crippen LogP) is 5.87. The summed E-state index contributed by atoms with van der Waals surface area (Å²) in [5.41, 5.74) is 11.5. The van der Waals surface area contributed by atoms with E-state index in [0.717, 1.165) is 6.42 Å². The number of hydrogen-bond acceptors (Lipinski definition) is 0. The van der Waals surface area contributed by atoms with Crippen molar-refractivity contribution < 1.29 is 0 Å². The van der Waals surface area contributed by atoms with Crippen molar-refractivity contribution in [3.05, 3.63) is 63.7 Å². The molecule has 0 saturated carbocycles. The van der Waals surface area contributed by atoms with Gasteiger partial charge in [-0.1, -0.05) is 55.8 Å². The van der Waals surface area contributed by atoms with Crippen LogP contribution in [0.2, 0.25) is 0 Å². The van der Waals surface area contributed by atoms with E-state index in [1.165, 1.54) is 38.9 Å². The first kappa shape index (κ1) is 14.1. The van der Waals surface area contributed by atoms with Crippen LogP contribution in [0.15, 0.2) is 35.9 Å². The van der Waals surface area contributed by atoms with Gasteiger partial charge in [0.15, 0.2) is 0 Å². The Morgan fingerprint density at radius 1 is 0.857 bits per heavy atom. The molecule has 0 saturated heterocycles. The predicted molar refractivity (Wildman–Crippen MR) is 92.6 cm³/mol. The number of fused-ring (bicyclic) bond motifs is 1. The summed E-state index contributed by atoms with van der Waals surface area (Å²) in [6.07, 6.45) is 3.54. The maximum atomic E-state index is 2.42. The smallest absolute Gasteiger partial charge is 0.00550 e. The molecule has 0 N–H and O–H groups in total. The Morgan fingerprint density at radius 3 is 2.33 bits per heavy atom. The van der Waals surface area contributed by atoms with E-state index in [1.807, 2.05) is 0 Å². The normalized spacial score (nSPS) is 13.5. The Hall–Kier alpha value is -1.82. The molecule has 1 aliphatic rings. The molecule has 21 heavy (non-hydrogen) atoms. The van der Waals surface area contributed by atoms with Crippen LogP contribution >= 0.6 is 0 Å². The Morgan fingerprint density at radius 2 is 1.62 bits per heavy atom. The Labute approximate surface area is 128 Å². The van der Waals surface area contributed by atoms with Gasteiger partial charge in [0.2, 0.25) is 0 Å². The largest absolute Gasteiger partial charge is 0.0626 e. The van der Waals surface area contributed by atoms with Crippen molar-refractivity contribution in [3.63, 3.8) is 0 Å². The molecule has 0 amide bonds. The van der Waals surface area contributed by atoms with Crippen molar-refractivity contribution in [3.8, 4) is 11.1 Å². The van der Waals surface area contributed by atoms with E-state index < -0.39 is 0 Å². The highest BCUT2D eigenvalue weighted by Gasteiger charge is 2.19. The van der Waals surface area contributed by atoms with Gasteiger partial charge < -0.3 is 0 Å². The molecule has 0 heterocycles. The summed E-state index contributed by atoms with van der Waals surface area (Å²) in [6, 6.07) is 11.3. The molecule has 0 nitrogen and oxygen atoms in total. The topological polar surface area (TPSA) is 0 Å². The second-order valence-corrected chi connectivity index (χ2v) is 6.61. The number of aryl methyl sites for hydroxylation is 1. The molecule has 108 valence electrons. The van der Waals surface area contributed by atoms with Crippen molar-refractivity contribution in [2.24, 2.45) is 5.92 Å². The molecule has 2 aromatic rings. The van der Waals surface area contributed by atoms with Crippen LogP contribution in [0.25, 0.3) is 17.2 Å². The van der Waals surface area contributed by atoms with Gasteiger partial charge in [0, 0.05) is 0 Å². The molecule has 0 heteroatoms. The van der Waals surface area contributed by atoms with Crippen molar-refractivity contribution in [2.75, 3.05) is 0 Å².